The monoisotopic (exact) mass is 279 g/mol. The lowest BCUT2D eigenvalue weighted by atomic mass is 10.00. The second kappa shape index (κ2) is 4.52. The van der Waals surface area contributed by atoms with Crippen molar-refractivity contribution in [3.63, 3.8) is 0 Å². The third-order valence-corrected chi connectivity index (χ3v) is 5.47. The summed E-state index contributed by atoms with van der Waals surface area (Å²) in [6, 6.07) is 3.69. The minimum atomic E-state index is -2.84. The van der Waals surface area contributed by atoms with E-state index in [0.29, 0.717) is 17.2 Å². The van der Waals surface area contributed by atoms with Crippen molar-refractivity contribution in [2.45, 2.75) is 19.3 Å². The third kappa shape index (κ3) is 2.73. The Balaban J connectivity index is 1.81. The molecule has 5 nitrogen and oxygen atoms in total. The van der Waals surface area contributed by atoms with Crippen molar-refractivity contribution in [3.05, 3.63) is 30.2 Å². The molecule has 1 fully saturated rings. The van der Waals surface area contributed by atoms with Crippen LogP contribution in [0.1, 0.15) is 18.5 Å². The molecule has 0 spiro atoms. The molecule has 0 bridgehead atoms. The van der Waals surface area contributed by atoms with E-state index in [0.717, 1.165) is 30.6 Å². The molecule has 2 aromatic rings. The molecular weight excluding hydrogens is 262 g/mol. The molecule has 0 aromatic carbocycles. The van der Waals surface area contributed by atoms with Crippen LogP contribution in [0.2, 0.25) is 0 Å². The van der Waals surface area contributed by atoms with Crippen LogP contribution in [0.25, 0.3) is 5.65 Å². The fourth-order valence-electron chi connectivity index (χ4n) is 2.73. The third-order valence-electron chi connectivity index (χ3n) is 3.58. The first kappa shape index (κ1) is 12.5. The van der Waals surface area contributed by atoms with Gasteiger partial charge in [0.05, 0.1) is 17.2 Å². The summed E-state index contributed by atoms with van der Waals surface area (Å²) in [5.41, 5.74) is 8.20. The first-order chi connectivity index (χ1) is 9.02. The lowest BCUT2D eigenvalue weighted by Gasteiger charge is -2.20. The van der Waals surface area contributed by atoms with Crippen molar-refractivity contribution < 1.29 is 8.42 Å². The van der Waals surface area contributed by atoms with E-state index < -0.39 is 9.84 Å². The van der Waals surface area contributed by atoms with Gasteiger partial charge in [0.1, 0.15) is 5.65 Å². The van der Waals surface area contributed by atoms with E-state index in [1.165, 1.54) is 0 Å². The van der Waals surface area contributed by atoms with E-state index in [2.05, 4.69) is 4.98 Å². The fourth-order valence-corrected chi connectivity index (χ4v) is 4.51. The van der Waals surface area contributed by atoms with Gasteiger partial charge in [-0.2, -0.15) is 0 Å². The van der Waals surface area contributed by atoms with Crippen molar-refractivity contribution in [1.29, 1.82) is 0 Å². The molecular formula is C13H17N3O2S. The summed E-state index contributed by atoms with van der Waals surface area (Å²) in [6.45, 7) is 0. The first-order valence-electron chi connectivity index (χ1n) is 6.45. The van der Waals surface area contributed by atoms with Gasteiger partial charge in [0.15, 0.2) is 9.84 Å². The topological polar surface area (TPSA) is 77.5 Å². The van der Waals surface area contributed by atoms with Crippen molar-refractivity contribution in [2.24, 2.45) is 5.92 Å². The number of hydrogen-bond donors (Lipinski definition) is 1. The predicted molar refractivity (Wildman–Crippen MR) is 74.7 cm³/mol. The van der Waals surface area contributed by atoms with Crippen molar-refractivity contribution in [1.82, 2.24) is 9.38 Å². The molecule has 102 valence electrons. The van der Waals surface area contributed by atoms with Crippen LogP contribution in [-0.4, -0.2) is 29.3 Å². The molecule has 1 aliphatic heterocycles. The fraction of sp³-hybridized carbons (Fsp3) is 0.462. The summed E-state index contributed by atoms with van der Waals surface area (Å²) in [4.78, 5) is 4.51. The molecule has 3 rings (SSSR count). The molecule has 1 aliphatic rings. The van der Waals surface area contributed by atoms with Gasteiger partial charge in [0.2, 0.25) is 0 Å². The van der Waals surface area contributed by atoms with Crippen LogP contribution >= 0.6 is 0 Å². The van der Waals surface area contributed by atoms with Crippen LogP contribution in [0, 0.1) is 5.92 Å². The molecule has 1 saturated heterocycles. The average Bonchev–Trinajstić information content (AvgIpc) is 2.68. The highest BCUT2D eigenvalue weighted by Crippen LogP contribution is 2.22. The van der Waals surface area contributed by atoms with Crippen molar-refractivity contribution in [2.75, 3.05) is 17.2 Å². The standard InChI is InChI=1S/C13H17N3O2S/c14-11-3-4-13-15-12(8-16(13)7-11)6-10-2-1-5-19(17,18)9-10/h3-4,7-8,10H,1-2,5-6,9,14H2. The maximum Gasteiger partial charge on any atom is 0.150 e. The van der Waals surface area contributed by atoms with Crippen molar-refractivity contribution in [3.8, 4) is 0 Å². The number of pyridine rings is 1. The summed E-state index contributed by atoms with van der Waals surface area (Å²) in [6.07, 6.45) is 6.22. The number of nitrogen functional groups attached to an aromatic ring is 1. The minimum Gasteiger partial charge on any atom is -0.398 e. The number of sulfone groups is 1. The van der Waals surface area contributed by atoms with Crippen LogP contribution in [0.5, 0.6) is 0 Å². The van der Waals surface area contributed by atoms with Gasteiger partial charge in [-0.05, 0) is 37.3 Å². The SMILES string of the molecule is Nc1ccc2nc(CC3CCCS(=O)(=O)C3)cn2c1. The zero-order valence-electron chi connectivity index (χ0n) is 10.6. The van der Waals surface area contributed by atoms with Crippen molar-refractivity contribution >= 4 is 21.2 Å². The van der Waals surface area contributed by atoms with Crippen LogP contribution < -0.4 is 5.73 Å². The lowest BCUT2D eigenvalue weighted by Crippen LogP contribution is -2.26. The summed E-state index contributed by atoms with van der Waals surface area (Å²) in [7, 11) is -2.84. The zero-order chi connectivity index (χ0) is 13.5. The van der Waals surface area contributed by atoms with Crippen LogP contribution in [0.4, 0.5) is 5.69 Å². The highest BCUT2D eigenvalue weighted by atomic mass is 32.2. The Hall–Kier alpha value is -1.56. The Morgan fingerprint density at radius 2 is 2.21 bits per heavy atom. The Labute approximate surface area is 112 Å². The summed E-state index contributed by atoms with van der Waals surface area (Å²) in [5, 5.41) is 0. The summed E-state index contributed by atoms with van der Waals surface area (Å²) >= 11 is 0. The number of hydrogen-bond acceptors (Lipinski definition) is 4. The van der Waals surface area contributed by atoms with Gasteiger partial charge >= 0.3 is 0 Å². The molecule has 6 heteroatoms. The normalized spacial score (nSPS) is 22.6. The van der Waals surface area contributed by atoms with Gasteiger partial charge in [0, 0.05) is 18.1 Å². The molecule has 0 amide bonds. The Morgan fingerprint density at radius 3 is 3.00 bits per heavy atom. The number of nitrogens with two attached hydrogens (primary N) is 1. The second-order valence-electron chi connectivity index (χ2n) is 5.29. The van der Waals surface area contributed by atoms with Crippen LogP contribution in [0.3, 0.4) is 0 Å². The van der Waals surface area contributed by atoms with Gasteiger partial charge in [-0.3, -0.25) is 0 Å². The molecule has 2 aromatic heterocycles. The Morgan fingerprint density at radius 1 is 1.37 bits per heavy atom. The van der Waals surface area contributed by atoms with E-state index >= 15 is 0 Å². The average molecular weight is 279 g/mol. The summed E-state index contributed by atoms with van der Waals surface area (Å²) < 4.78 is 25.1. The second-order valence-corrected chi connectivity index (χ2v) is 7.52. The van der Waals surface area contributed by atoms with Gasteiger partial charge in [-0.25, -0.2) is 13.4 Å². The number of aromatic nitrogens is 2. The largest absolute Gasteiger partial charge is 0.398 e. The molecule has 3 heterocycles. The van der Waals surface area contributed by atoms with E-state index in [4.69, 9.17) is 5.73 Å². The first-order valence-corrected chi connectivity index (χ1v) is 8.27. The zero-order valence-corrected chi connectivity index (χ0v) is 11.4. The molecule has 0 saturated carbocycles. The molecule has 2 N–H and O–H groups in total. The van der Waals surface area contributed by atoms with E-state index in [9.17, 15) is 8.42 Å². The van der Waals surface area contributed by atoms with Gasteiger partial charge < -0.3 is 10.1 Å². The van der Waals surface area contributed by atoms with Crippen LogP contribution in [0.15, 0.2) is 24.5 Å². The predicted octanol–water partition coefficient (Wildman–Crippen LogP) is 1.28. The van der Waals surface area contributed by atoms with E-state index in [-0.39, 0.29) is 5.92 Å². The Kier molecular flexibility index (Phi) is 2.97. The van der Waals surface area contributed by atoms with E-state index in [1.807, 2.05) is 28.9 Å². The van der Waals surface area contributed by atoms with Gasteiger partial charge in [-0.15, -0.1) is 0 Å². The van der Waals surface area contributed by atoms with Crippen LogP contribution in [-0.2, 0) is 16.3 Å². The molecule has 19 heavy (non-hydrogen) atoms. The number of nitrogens with zero attached hydrogens (tertiary/aromatic N) is 2. The highest BCUT2D eigenvalue weighted by Gasteiger charge is 2.25. The van der Waals surface area contributed by atoms with Gasteiger partial charge in [0.25, 0.3) is 0 Å². The number of fused-ring (bicyclic) bond motifs is 1. The maximum atomic E-state index is 11.6. The Bertz CT molecular complexity index is 706. The number of imidazole rings is 1. The highest BCUT2D eigenvalue weighted by molar-refractivity contribution is 7.91. The molecule has 1 unspecified atom stereocenters. The quantitative estimate of drug-likeness (QED) is 0.898. The summed E-state index contributed by atoms with van der Waals surface area (Å²) in [5.74, 6) is 0.829. The maximum absolute atomic E-state index is 11.6. The smallest absolute Gasteiger partial charge is 0.150 e. The molecule has 0 aliphatic carbocycles. The minimum absolute atomic E-state index is 0.195. The molecule has 0 radical (unpaired) electrons. The van der Waals surface area contributed by atoms with E-state index in [1.54, 1.807) is 0 Å². The van der Waals surface area contributed by atoms with Gasteiger partial charge in [-0.1, -0.05) is 0 Å². The number of anilines is 1. The molecule has 1 atom stereocenters. The number of rotatable bonds is 2. The lowest BCUT2D eigenvalue weighted by molar-refractivity contribution is 0.480.